The highest BCUT2D eigenvalue weighted by Crippen LogP contribution is 2.30. The van der Waals surface area contributed by atoms with Gasteiger partial charge in [-0.25, -0.2) is 8.42 Å². The third-order valence-corrected chi connectivity index (χ3v) is 6.40. The zero-order chi connectivity index (χ0) is 21.4. The van der Waals surface area contributed by atoms with Crippen molar-refractivity contribution in [3.05, 3.63) is 59.1 Å². The minimum atomic E-state index is -3.95. The summed E-state index contributed by atoms with van der Waals surface area (Å²) in [4.78, 5) is 12.6. The number of carbonyl (C=O) groups excluding carboxylic acids is 1. The molecular formula is C21H27ClN2O4S. The van der Waals surface area contributed by atoms with E-state index in [1.807, 2.05) is 13.8 Å². The third kappa shape index (κ3) is 6.45. The van der Waals surface area contributed by atoms with Gasteiger partial charge in [0.15, 0.2) is 0 Å². The first-order valence-electron chi connectivity index (χ1n) is 9.44. The number of anilines is 1. The zero-order valence-corrected chi connectivity index (χ0v) is 18.5. The molecule has 0 atom stereocenters. The number of rotatable bonds is 10. The number of benzene rings is 2. The van der Waals surface area contributed by atoms with Gasteiger partial charge in [-0.2, -0.15) is 0 Å². The monoisotopic (exact) mass is 438 g/mol. The molecule has 29 heavy (non-hydrogen) atoms. The number of nitrogens with one attached hydrogen (secondary N) is 1. The van der Waals surface area contributed by atoms with Crippen molar-refractivity contribution in [3.63, 3.8) is 0 Å². The van der Waals surface area contributed by atoms with Crippen molar-refractivity contribution >= 4 is 33.2 Å². The van der Waals surface area contributed by atoms with E-state index in [1.54, 1.807) is 43.3 Å². The number of hydrogen-bond acceptors (Lipinski definition) is 4. The van der Waals surface area contributed by atoms with Gasteiger partial charge in [-0.05, 0) is 57.0 Å². The zero-order valence-electron chi connectivity index (χ0n) is 16.9. The lowest BCUT2D eigenvalue weighted by Crippen LogP contribution is -2.41. The molecule has 1 amide bonds. The summed E-state index contributed by atoms with van der Waals surface area (Å²) in [6, 6.07) is 13.0. The topological polar surface area (TPSA) is 75.7 Å². The van der Waals surface area contributed by atoms with Crippen molar-refractivity contribution in [1.29, 1.82) is 0 Å². The number of nitrogens with zero attached hydrogens (tertiary/aromatic N) is 1. The van der Waals surface area contributed by atoms with E-state index in [-0.39, 0.29) is 17.5 Å². The fourth-order valence-electron chi connectivity index (χ4n) is 2.69. The first-order valence-corrected chi connectivity index (χ1v) is 11.3. The summed E-state index contributed by atoms with van der Waals surface area (Å²) in [7, 11) is -3.95. The van der Waals surface area contributed by atoms with Crippen LogP contribution >= 0.6 is 11.6 Å². The lowest BCUT2D eigenvalue weighted by atomic mass is 10.2. The summed E-state index contributed by atoms with van der Waals surface area (Å²) < 4.78 is 33.1. The summed E-state index contributed by atoms with van der Waals surface area (Å²) in [5.41, 5.74) is 0.964. The van der Waals surface area contributed by atoms with Crippen LogP contribution in [-0.4, -0.2) is 40.1 Å². The molecule has 158 valence electrons. The maximum absolute atomic E-state index is 13.3. The van der Waals surface area contributed by atoms with E-state index in [2.05, 4.69) is 5.32 Å². The number of carbonyl (C=O) groups is 1. The highest BCUT2D eigenvalue weighted by Gasteiger charge is 2.28. The van der Waals surface area contributed by atoms with Crippen LogP contribution < -0.4 is 9.62 Å². The number of amides is 1. The van der Waals surface area contributed by atoms with Crippen LogP contribution in [0, 0.1) is 6.92 Å². The molecule has 0 saturated carbocycles. The number of ether oxygens (including phenoxy) is 1. The normalized spacial score (nSPS) is 11.5. The van der Waals surface area contributed by atoms with E-state index >= 15 is 0 Å². The third-order valence-electron chi connectivity index (χ3n) is 4.22. The predicted molar refractivity (Wildman–Crippen MR) is 116 cm³/mol. The van der Waals surface area contributed by atoms with Crippen molar-refractivity contribution in [3.8, 4) is 0 Å². The van der Waals surface area contributed by atoms with Gasteiger partial charge in [0.25, 0.3) is 10.0 Å². The number of sulfonamides is 1. The Kier molecular flexibility index (Phi) is 8.49. The summed E-state index contributed by atoms with van der Waals surface area (Å²) in [5, 5.41) is 3.19. The molecule has 0 aromatic heterocycles. The van der Waals surface area contributed by atoms with Crippen LogP contribution in [0.2, 0.25) is 5.02 Å². The Morgan fingerprint density at radius 3 is 2.48 bits per heavy atom. The standard InChI is InChI=1S/C21H27ClN2O4S/c1-16(2)28-14-8-13-23-21(25)15-24(20-12-7-11-19(22)17(20)3)29(26,27)18-9-5-4-6-10-18/h4-7,9-12,16H,8,13-15H2,1-3H3,(H,23,25). The van der Waals surface area contributed by atoms with Crippen molar-refractivity contribution in [2.24, 2.45) is 0 Å². The van der Waals surface area contributed by atoms with Crippen molar-refractivity contribution in [2.75, 3.05) is 24.0 Å². The van der Waals surface area contributed by atoms with Gasteiger partial charge in [-0.1, -0.05) is 35.9 Å². The van der Waals surface area contributed by atoms with Gasteiger partial charge in [0.2, 0.25) is 5.91 Å². The van der Waals surface area contributed by atoms with E-state index in [9.17, 15) is 13.2 Å². The molecule has 2 rings (SSSR count). The van der Waals surface area contributed by atoms with E-state index in [1.165, 1.54) is 12.1 Å². The van der Waals surface area contributed by atoms with Gasteiger partial charge >= 0.3 is 0 Å². The largest absolute Gasteiger partial charge is 0.379 e. The lowest BCUT2D eigenvalue weighted by Gasteiger charge is -2.26. The molecule has 0 heterocycles. The second-order valence-electron chi connectivity index (χ2n) is 6.83. The molecule has 0 radical (unpaired) electrons. The SMILES string of the molecule is Cc1c(Cl)cccc1N(CC(=O)NCCCOC(C)C)S(=O)(=O)c1ccccc1. The molecule has 0 saturated heterocycles. The Bertz CT molecular complexity index is 918. The van der Waals surface area contributed by atoms with E-state index in [0.717, 1.165) is 4.31 Å². The molecule has 0 aliphatic carbocycles. The second-order valence-corrected chi connectivity index (χ2v) is 9.10. The first-order chi connectivity index (χ1) is 13.7. The van der Waals surface area contributed by atoms with Crippen LogP contribution in [0.1, 0.15) is 25.8 Å². The second kappa shape index (κ2) is 10.6. The Morgan fingerprint density at radius 2 is 1.83 bits per heavy atom. The summed E-state index contributed by atoms with van der Waals surface area (Å²) in [5.74, 6) is -0.395. The molecule has 2 aromatic rings. The van der Waals surface area contributed by atoms with Crippen LogP contribution in [0.15, 0.2) is 53.4 Å². The highest BCUT2D eigenvalue weighted by molar-refractivity contribution is 7.92. The van der Waals surface area contributed by atoms with Gasteiger partial charge in [-0.15, -0.1) is 0 Å². The average molecular weight is 439 g/mol. The van der Waals surface area contributed by atoms with Crippen LogP contribution in [0.25, 0.3) is 0 Å². The Balaban J connectivity index is 2.22. The minimum absolute atomic E-state index is 0.109. The molecule has 6 nitrogen and oxygen atoms in total. The fourth-order valence-corrected chi connectivity index (χ4v) is 4.36. The van der Waals surface area contributed by atoms with Crippen LogP contribution in [0.4, 0.5) is 5.69 Å². The molecular weight excluding hydrogens is 412 g/mol. The fraction of sp³-hybridized carbons (Fsp3) is 0.381. The van der Waals surface area contributed by atoms with Gasteiger partial charge < -0.3 is 10.1 Å². The predicted octanol–water partition coefficient (Wildman–Crippen LogP) is 3.78. The molecule has 0 spiro atoms. The molecule has 0 aliphatic rings. The smallest absolute Gasteiger partial charge is 0.264 e. The molecule has 0 fully saturated rings. The Labute approximate surface area is 177 Å². The molecule has 0 unspecified atom stereocenters. The van der Waals surface area contributed by atoms with Gasteiger partial charge in [-0.3, -0.25) is 9.10 Å². The minimum Gasteiger partial charge on any atom is -0.379 e. The number of hydrogen-bond donors (Lipinski definition) is 1. The first kappa shape index (κ1) is 23.2. The van der Waals surface area contributed by atoms with Crippen LogP contribution in [0.3, 0.4) is 0 Å². The summed E-state index contributed by atoms with van der Waals surface area (Å²) in [6.45, 7) is 6.20. The number of halogens is 1. The Morgan fingerprint density at radius 1 is 1.14 bits per heavy atom. The maximum Gasteiger partial charge on any atom is 0.264 e. The van der Waals surface area contributed by atoms with Crippen molar-refractivity contribution in [1.82, 2.24) is 5.32 Å². The average Bonchev–Trinajstić information content (AvgIpc) is 2.68. The lowest BCUT2D eigenvalue weighted by molar-refractivity contribution is -0.119. The van der Waals surface area contributed by atoms with Gasteiger partial charge in [0.1, 0.15) is 6.54 Å². The Hall–Kier alpha value is -2.09. The van der Waals surface area contributed by atoms with Crippen LogP contribution in [-0.2, 0) is 19.6 Å². The van der Waals surface area contributed by atoms with Gasteiger partial charge in [0.05, 0.1) is 16.7 Å². The van der Waals surface area contributed by atoms with Crippen LogP contribution in [0.5, 0.6) is 0 Å². The molecule has 0 aliphatic heterocycles. The van der Waals surface area contributed by atoms with E-state index < -0.39 is 15.9 Å². The molecule has 1 N–H and O–H groups in total. The molecule has 8 heteroatoms. The van der Waals surface area contributed by atoms with E-state index in [0.29, 0.717) is 35.8 Å². The molecule has 2 aromatic carbocycles. The van der Waals surface area contributed by atoms with E-state index in [4.69, 9.17) is 16.3 Å². The summed E-state index contributed by atoms with van der Waals surface area (Å²) >= 11 is 6.20. The highest BCUT2D eigenvalue weighted by atomic mass is 35.5. The molecule has 0 bridgehead atoms. The van der Waals surface area contributed by atoms with Crippen molar-refractivity contribution in [2.45, 2.75) is 38.2 Å². The maximum atomic E-state index is 13.3. The quantitative estimate of drug-likeness (QED) is 0.573. The van der Waals surface area contributed by atoms with Gasteiger partial charge in [0, 0.05) is 18.2 Å². The summed E-state index contributed by atoms with van der Waals surface area (Å²) in [6.07, 6.45) is 0.772. The van der Waals surface area contributed by atoms with Crippen molar-refractivity contribution < 1.29 is 17.9 Å².